The summed E-state index contributed by atoms with van der Waals surface area (Å²) in [4.78, 5) is 8.66. The van der Waals surface area contributed by atoms with Crippen molar-refractivity contribution >= 4 is 11.0 Å². The first-order valence-corrected chi connectivity index (χ1v) is 6.78. The van der Waals surface area contributed by atoms with Crippen LogP contribution in [0.1, 0.15) is 30.1 Å². The molecular formula is C16H17N3O. The first-order chi connectivity index (χ1) is 9.78. The van der Waals surface area contributed by atoms with Gasteiger partial charge < -0.3 is 9.73 Å². The van der Waals surface area contributed by atoms with Crippen LogP contribution in [0.2, 0.25) is 0 Å². The van der Waals surface area contributed by atoms with Gasteiger partial charge in [-0.1, -0.05) is 18.6 Å². The van der Waals surface area contributed by atoms with E-state index in [2.05, 4.69) is 47.3 Å². The average Bonchev–Trinajstić information content (AvgIpc) is 2.88. The molecule has 3 rings (SSSR count). The lowest BCUT2D eigenvalue weighted by atomic mass is 10.1. The van der Waals surface area contributed by atoms with Gasteiger partial charge in [-0.2, -0.15) is 0 Å². The molecule has 0 aliphatic rings. The first-order valence-electron chi connectivity index (χ1n) is 6.78. The number of rotatable bonds is 4. The minimum absolute atomic E-state index is 0.117. The lowest BCUT2D eigenvalue weighted by molar-refractivity contribution is 0.464. The van der Waals surface area contributed by atoms with Gasteiger partial charge in [0.25, 0.3) is 0 Å². The molecular weight excluding hydrogens is 250 g/mol. The van der Waals surface area contributed by atoms with E-state index in [1.807, 2.05) is 12.1 Å². The highest BCUT2D eigenvalue weighted by molar-refractivity contribution is 5.78. The predicted octanol–water partition coefficient (Wildman–Crippen LogP) is 3.23. The largest absolute Gasteiger partial charge is 0.459 e. The Balaban J connectivity index is 2.05. The fourth-order valence-corrected chi connectivity index (χ4v) is 2.31. The highest BCUT2D eigenvalue weighted by Crippen LogP contribution is 2.27. The molecule has 4 heteroatoms. The van der Waals surface area contributed by atoms with Gasteiger partial charge in [0.15, 0.2) is 5.82 Å². The number of aromatic nitrogens is 2. The van der Waals surface area contributed by atoms with E-state index in [1.54, 1.807) is 12.4 Å². The second kappa shape index (κ2) is 5.43. The topological polar surface area (TPSA) is 51.0 Å². The van der Waals surface area contributed by atoms with E-state index >= 15 is 0 Å². The summed E-state index contributed by atoms with van der Waals surface area (Å²) in [7, 11) is 0. The number of hydrogen-bond donors (Lipinski definition) is 1. The lowest BCUT2D eigenvalue weighted by Crippen LogP contribution is -2.23. The molecule has 0 bridgehead atoms. The molecule has 0 radical (unpaired) electrons. The van der Waals surface area contributed by atoms with E-state index in [4.69, 9.17) is 4.42 Å². The van der Waals surface area contributed by atoms with E-state index in [0.29, 0.717) is 0 Å². The standard InChI is InChI=1S/C16H17N3O/c1-3-17-15(16-18-7-4-8-19-16)14-10-12-9-11(2)5-6-13(12)20-14/h4-10,15,17H,3H2,1-2H3. The molecule has 102 valence electrons. The van der Waals surface area contributed by atoms with Crippen LogP contribution in [0, 0.1) is 6.92 Å². The highest BCUT2D eigenvalue weighted by atomic mass is 16.3. The zero-order valence-electron chi connectivity index (χ0n) is 11.6. The summed E-state index contributed by atoms with van der Waals surface area (Å²) in [5, 5.41) is 4.48. The van der Waals surface area contributed by atoms with Gasteiger partial charge >= 0.3 is 0 Å². The monoisotopic (exact) mass is 267 g/mol. The Labute approximate surface area is 117 Å². The van der Waals surface area contributed by atoms with Crippen LogP contribution in [0.15, 0.2) is 47.1 Å². The van der Waals surface area contributed by atoms with E-state index in [9.17, 15) is 0 Å². The number of fused-ring (bicyclic) bond motifs is 1. The molecule has 2 aromatic heterocycles. The third-order valence-corrected chi connectivity index (χ3v) is 3.23. The molecule has 1 atom stereocenters. The molecule has 0 saturated heterocycles. The molecule has 0 spiro atoms. The average molecular weight is 267 g/mol. The summed E-state index contributed by atoms with van der Waals surface area (Å²) >= 11 is 0. The molecule has 0 aliphatic heterocycles. The van der Waals surface area contributed by atoms with Crippen LogP contribution in [0.25, 0.3) is 11.0 Å². The smallest absolute Gasteiger partial charge is 0.152 e. The summed E-state index contributed by atoms with van der Waals surface area (Å²) in [6.07, 6.45) is 3.50. The van der Waals surface area contributed by atoms with Crippen molar-refractivity contribution in [1.82, 2.24) is 15.3 Å². The first kappa shape index (κ1) is 12.8. The van der Waals surface area contributed by atoms with Crippen LogP contribution in [0.4, 0.5) is 0 Å². The van der Waals surface area contributed by atoms with Crippen LogP contribution in [-0.4, -0.2) is 16.5 Å². The molecule has 20 heavy (non-hydrogen) atoms. The summed E-state index contributed by atoms with van der Waals surface area (Å²) in [6.45, 7) is 4.95. The number of nitrogens with one attached hydrogen (secondary N) is 1. The zero-order valence-corrected chi connectivity index (χ0v) is 11.6. The second-order valence-electron chi connectivity index (χ2n) is 4.79. The SMILES string of the molecule is CCNC(c1ncccn1)c1cc2cc(C)ccc2o1. The predicted molar refractivity (Wildman–Crippen MR) is 78.5 cm³/mol. The molecule has 0 aliphatic carbocycles. The van der Waals surface area contributed by atoms with E-state index in [-0.39, 0.29) is 6.04 Å². The highest BCUT2D eigenvalue weighted by Gasteiger charge is 2.19. The molecule has 0 saturated carbocycles. The Hall–Kier alpha value is -2.20. The third kappa shape index (κ3) is 2.42. The molecule has 1 unspecified atom stereocenters. The number of hydrogen-bond acceptors (Lipinski definition) is 4. The second-order valence-corrected chi connectivity index (χ2v) is 4.79. The molecule has 3 aromatic rings. The summed E-state index contributed by atoms with van der Waals surface area (Å²) < 4.78 is 5.95. The van der Waals surface area contributed by atoms with Gasteiger partial charge in [-0.15, -0.1) is 0 Å². The minimum atomic E-state index is -0.117. The van der Waals surface area contributed by atoms with Gasteiger partial charge in [0.1, 0.15) is 17.4 Å². The maximum atomic E-state index is 5.95. The zero-order chi connectivity index (χ0) is 13.9. The number of benzene rings is 1. The Morgan fingerprint density at radius 2 is 2.00 bits per heavy atom. The molecule has 0 fully saturated rings. The maximum Gasteiger partial charge on any atom is 0.152 e. The van der Waals surface area contributed by atoms with Crippen LogP contribution in [-0.2, 0) is 0 Å². The quantitative estimate of drug-likeness (QED) is 0.788. The van der Waals surface area contributed by atoms with Crippen molar-refractivity contribution in [2.45, 2.75) is 19.9 Å². The molecule has 1 aromatic carbocycles. The van der Waals surface area contributed by atoms with Crippen molar-refractivity contribution in [1.29, 1.82) is 0 Å². The van der Waals surface area contributed by atoms with Gasteiger partial charge in [-0.25, -0.2) is 9.97 Å². The van der Waals surface area contributed by atoms with Crippen molar-refractivity contribution in [2.75, 3.05) is 6.54 Å². The molecule has 0 amide bonds. The molecule has 2 heterocycles. The number of furan rings is 1. The van der Waals surface area contributed by atoms with Gasteiger partial charge in [-0.3, -0.25) is 0 Å². The number of nitrogens with zero attached hydrogens (tertiary/aromatic N) is 2. The van der Waals surface area contributed by atoms with Crippen molar-refractivity contribution in [3.05, 3.63) is 59.9 Å². The summed E-state index contributed by atoms with van der Waals surface area (Å²) in [6, 6.07) is 9.94. The van der Waals surface area contributed by atoms with Gasteiger partial charge in [-0.05, 0) is 37.7 Å². The fourth-order valence-electron chi connectivity index (χ4n) is 2.31. The Morgan fingerprint density at radius 3 is 2.75 bits per heavy atom. The van der Waals surface area contributed by atoms with Crippen LogP contribution in [0.5, 0.6) is 0 Å². The number of aryl methyl sites for hydroxylation is 1. The lowest BCUT2D eigenvalue weighted by Gasteiger charge is -2.13. The minimum Gasteiger partial charge on any atom is -0.459 e. The van der Waals surface area contributed by atoms with Gasteiger partial charge in [0.2, 0.25) is 0 Å². The van der Waals surface area contributed by atoms with Crippen LogP contribution < -0.4 is 5.32 Å². The molecule has 1 N–H and O–H groups in total. The normalized spacial score (nSPS) is 12.7. The fraction of sp³-hybridized carbons (Fsp3) is 0.250. The summed E-state index contributed by atoms with van der Waals surface area (Å²) in [5.41, 5.74) is 2.12. The van der Waals surface area contributed by atoms with Crippen molar-refractivity contribution in [3.63, 3.8) is 0 Å². The van der Waals surface area contributed by atoms with Crippen LogP contribution in [0.3, 0.4) is 0 Å². The van der Waals surface area contributed by atoms with E-state index < -0.39 is 0 Å². The summed E-state index contributed by atoms with van der Waals surface area (Å²) in [5.74, 6) is 1.57. The maximum absolute atomic E-state index is 5.95. The Morgan fingerprint density at radius 1 is 1.20 bits per heavy atom. The molecule has 4 nitrogen and oxygen atoms in total. The van der Waals surface area contributed by atoms with E-state index in [0.717, 1.165) is 29.1 Å². The Kier molecular flexibility index (Phi) is 3.48. The van der Waals surface area contributed by atoms with Gasteiger partial charge in [0.05, 0.1) is 0 Å². The van der Waals surface area contributed by atoms with E-state index in [1.165, 1.54) is 5.56 Å². The van der Waals surface area contributed by atoms with Gasteiger partial charge in [0, 0.05) is 17.8 Å². The van der Waals surface area contributed by atoms with Crippen molar-refractivity contribution in [2.24, 2.45) is 0 Å². The Bertz CT molecular complexity index is 706. The third-order valence-electron chi connectivity index (χ3n) is 3.23. The van der Waals surface area contributed by atoms with Crippen molar-refractivity contribution in [3.8, 4) is 0 Å². The van der Waals surface area contributed by atoms with Crippen molar-refractivity contribution < 1.29 is 4.42 Å². The van der Waals surface area contributed by atoms with Crippen LogP contribution >= 0.6 is 0 Å².